The highest BCUT2D eigenvalue weighted by Crippen LogP contribution is 2.19. The second-order valence-corrected chi connectivity index (χ2v) is 4.06. The van der Waals surface area contributed by atoms with Gasteiger partial charge in [-0.2, -0.15) is 0 Å². The summed E-state index contributed by atoms with van der Waals surface area (Å²) < 4.78 is 0. The molecule has 0 aliphatic heterocycles. The first kappa shape index (κ1) is 13.0. The van der Waals surface area contributed by atoms with Gasteiger partial charge >= 0.3 is 0 Å². The Morgan fingerprint density at radius 2 is 2.16 bits per heavy atom. The number of rotatable bonds is 2. The number of aromatic nitrogens is 1. The summed E-state index contributed by atoms with van der Waals surface area (Å²) in [6, 6.07) is 9.99. The van der Waals surface area contributed by atoms with Gasteiger partial charge in [0.1, 0.15) is 5.82 Å². The van der Waals surface area contributed by atoms with Crippen molar-refractivity contribution in [3.8, 4) is 0 Å². The smallest absolute Gasteiger partial charge is 0.227 e. The summed E-state index contributed by atoms with van der Waals surface area (Å²) in [5.41, 5.74) is 2.10. The number of aliphatic imine (C=N–C) groups is 2. The summed E-state index contributed by atoms with van der Waals surface area (Å²) >= 11 is 0. The SMILES string of the molecule is C=N/C(=N\C=C/C)Nc1cc(C)c2ccccc2n1. The molecule has 0 aliphatic carbocycles. The first-order valence-corrected chi connectivity index (χ1v) is 6.03. The number of fused-ring (bicyclic) bond motifs is 1. The third-order valence-corrected chi connectivity index (χ3v) is 2.66. The summed E-state index contributed by atoms with van der Waals surface area (Å²) in [5.74, 6) is 1.15. The van der Waals surface area contributed by atoms with Crippen molar-refractivity contribution in [3.63, 3.8) is 0 Å². The lowest BCUT2D eigenvalue weighted by molar-refractivity contribution is 1.34. The molecule has 0 fully saturated rings. The molecule has 4 nitrogen and oxygen atoms in total. The van der Waals surface area contributed by atoms with Crippen LogP contribution in [0.3, 0.4) is 0 Å². The molecule has 0 spiro atoms. The van der Waals surface area contributed by atoms with E-state index in [1.165, 1.54) is 0 Å². The highest BCUT2D eigenvalue weighted by atomic mass is 15.2. The zero-order chi connectivity index (χ0) is 13.7. The fourth-order valence-corrected chi connectivity index (χ4v) is 1.79. The van der Waals surface area contributed by atoms with Crippen LogP contribution in [0.4, 0.5) is 5.82 Å². The van der Waals surface area contributed by atoms with Gasteiger partial charge < -0.3 is 5.32 Å². The first-order chi connectivity index (χ1) is 9.24. The fraction of sp³-hybridized carbons (Fsp3) is 0.133. The van der Waals surface area contributed by atoms with Crippen LogP contribution in [0.1, 0.15) is 12.5 Å². The lowest BCUT2D eigenvalue weighted by Gasteiger charge is -2.07. The minimum atomic E-state index is 0.431. The lowest BCUT2D eigenvalue weighted by atomic mass is 10.1. The molecule has 96 valence electrons. The minimum Gasteiger partial charge on any atom is -0.309 e. The predicted octanol–water partition coefficient (Wildman–Crippen LogP) is 3.55. The standard InChI is InChI=1S/C15H16N4/c1-4-9-17-15(16-3)19-14-10-11(2)12-7-5-6-8-13(12)18-14/h4-10H,3H2,1-2H3,(H,17,18,19)/b9-4-. The van der Waals surface area contributed by atoms with Gasteiger partial charge in [-0.3, -0.25) is 0 Å². The van der Waals surface area contributed by atoms with Gasteiger partial charge in [0.15, 0.2) is 0 Å². The maximum absolute atomic E-state index is 4.53. The molecular formula is C15H16N4. The van der Waals surface area contributed by atoms with Crippen molar-refractivity contribution in [2.75, 3.05) is 5.32 Å². The molecule has 19 heavy (non-hydrogen) atoms. The Balaban J connectivity index is 2.38. The fourth-order valence-electron chi connectivity index (χ4n) is 1.79. The molecule has 1 N–H and O–H groups in total. The van der Waals surface area contributed by atoms with Gasteiger partial charge in [0.05, 0.1) is 5.52 Å². The Kier molecular flexibility index (Phi) is 4.03. The Hall–Kier alpha value is -2.49. The van der Waals surface area contributed by atoms with Crippen LogP contribution in [0.5, 0.6) is 0 Å². The van der Waals surface area contributed by atoms with Gasteiger partial charge in [-0.25, -0.2) is 15.0 Å². The molecule has 1 heterocycles. The normalized spacial score (nSPS) is 12.0. The van der Waals surface area contributed by atoms with E-state index in [1.807, 2.05) is 37.3 Å². The van der Waals surface area contributed by atoms with Gasteiger partial charge in [0, 0.05) is 11.6 Å². The molecule has 0 bridgehead atoms. The van der Waals surface area contributed by atoms with Crippen molar-refractivity contribution < 1.29 is 0 Å². The Bertz CT molecular complexity index is 656. The van der Waals surface area contributed by atoms with Crippen molar-refractivity contribution in [3.05, 3.63) is 48.2 Å². The van der Waals surface area contributed by atoms with E-state index in [-0.39, 0.29) is 0 Å². The first-order valence-electron chi connectivity index (χ1n) is 6.03. The Morgan fingerprint density at radius 3 is 2.89 bits per heavy atom. The highest BCUT2D eigenvalue weighted by molar-refractivity contribution is 5.97. The van der Waals surface area contributed by atoms with Crippen molar-refractivity contribution >= 4 is 29.4 Å². The number of guanidine groups is 1. The van der Waals surface area contributed by atoms with Crippen molar-refractivity contribution in [1.82, 2.24) is 4.98 Å². The molecule has 2 aromatic rings. The molecule has 0 atom stereocenters. The average Bonchev–Trinajstić information content (AvgIpc) is 2.43. The summed E-state index contributed by atoms with van der Waals surface area (Å²) in [7, 11) is 0. The Morgan fingerprint density at radius 1 is 1.37 bits per heavy atom. The lowest BCUT2D eigenvalue weighted by Crippen LogP contribution is -2.09. The molecule has 0 radical (unpaired) electrons. The maximum Gasteiger partial charge on any atom is 0.227 e. The average molecular weight is 252 g/mol. The van der Waals surface area contributed by atoms with Crippen LogP contribution in [0, 0.1) is 6.92 Å². The molecular weight excluding hydrogens is 236 g/mol. The van der Waals surface area contributed by atoms with E-state index >= 15 is 0 Å². The van der Waals surface area contributed by atoms with Crippen molar-refractivity contribution in [1.29, 1.82) is 0 Å². The van der Waals surface area contributed by atoms with E-state index in [4.69, 9.17) is 0 Å². The van der Waals surface area contributed by atoms with Crippen molar-refractivity contribution in [2.24, 2.45) is 9.98 Å². The molecule has 1 aromatic heterocycles. The summed E-state index contributed by atoms with van der Waals surface area (Å²) in [5, 5.41) is 4.20. The zero-order valence-electron chi connectivity index (χ0n) is 11.1. The number of aryl methyl sites for hydroxylation is 1. The van der Waals surface area contributed by atoms with Crippen LogP contribution in [-0.2, 0) is 0 Å². The molecule has 0 unspecified atom stereocenters. The molecule has 1 aromatic carbocycles. The number of pyridine rings is 1. The summed E-state index contributed by atoms with van der Waals surface area (Å²) in [4.78, 5) is 12.5. The second-order valence-electron chi connectivity index (χ2n) is 4.06. The van der Waals surface area contributed by atoms with Crippen LogP contribution < -0.4 is 5.32 Å². The van der Waals surface area contributed by atoms with Gasteiger partial charge in [0.25, 0.3) is 0 Å². The molecule has 2 rings (SSSR count). The number of nitrogens with zero attached hydrogens (tertiary/aromatic N) is 3. The van der Waals surface area contributed by atoms with Crippen LogP contribution in [0.2, 0.25) is 0 Å². The number of para-hydroxylation sites is 1. The topological polar surface area (TPSA) is 49.6 Å². The number of hydrogen-bond donors (Lipinski definition) is 1. The molecule has 4 heteroatoms. The van der Waals surface area contributed by atoms with Gasteiger partial charge in [-0.05, 0) is 38.3 Å². The van der Waals surface area contributed by atoms with Crippen LogP contribution in [0.15, 0.2) is 52.6 Å². The van der Waals surface area contributed by atoms with Crippen molar-refractivity contribution in [2.45, 2.75) is 13.8 Å². The monoisotopic (exact) mass is 252 g/mol. The molecule has 0 amide bonds. The predicted molar refractivity (Wildman–Crippen MR) is 81.9 cm³/mol. The molecule has 0 aliphatic rings. The highest BCUT2D eigenvalue weighted by Gasteiger charge is 2.03. The second kappa shape index (κ2) is 5.91. The largest absolute Gasteiger partial charge is 0.309 e. The Labute approximate surface area is 112 Å². The maximum atomic E-state index is 4.53. The van der Waals surface area contributed by atoms with Gasteiger partial charge in [0.2, 0.25) is 5.96 Å². The van der Waals surface area contributed by atoms with E-state index < -0.39 is 0 Å². The van der Waals surface area contributed by atoms with E-state index in [9.17, 15) is 0 Å². The minimum absolute atomic E-state index is 0.431. The van der Waals surface area contributed by atoms with E-state index in [1.54, 1.807) is 6.20 Å². The number of allylic oxidation sites excluding steroid dienone is 1. The quantitative estimate of drug-likeness (QED) is 0.656. The summed E-state index contributed by atoms with van der Waals surface area (Å²) in [6.07, 6.45) is 3.48. The van der Waals surface area contributed by atoms with E-state index in [0.29, 0.717) is 11.8 Å². The number of anilines is 1. The van der Waals surface area contributed by atoms with Gasteiger partial charge in [-0.1, -0.05) is 24.3 Å². The number of hydrogen-bond acceptors (Lipinski definition) is 2. The zero-order valence-corrected chi connectivity index (χ0v) is 11.1. The molecule has 0 saturated carbocycles. The van der Waals surface area contributed by atoms with Crippen LogP contribution in [0.25, 0.3) is 10.9 Å². The third-order valence-electron chi connectivity index (χ3n) is 2.66. The molecule has 0 saturated heterocycles. The van der Waals surface area contributed by atoms with Crippen LogP contribution in [-0.4, -0.2) is 17.7 Å². The van der Waals surface area contributed by atoms with E-state index in [2.05, 4.69) is 40.0 Å². The van der Waals surface area contributed by atoms with E-state index in [0.717, 1.165) is 16.5 Å². The van der Waals surface area contributed by atoms with Gasteiger partial charge in [-0.15, -0.1) is 0 Å². The summed E-state index contributed by atoms with van der Waals surface area (Å²) in [6.45, 7) is 7.44. The number of benzene rings is 1. The van der Waals surface area contributed by atoms with Crippen LogP contribution >= 0.6 is 0 Å². The third kappa shape index (κ3) is 3.04. The number of nitrogens with one attached hydrogen (secondary N) is 1.